The number of rotatable bonds is 5. The Morgan fingerprint density at radius 1 is 1.29 bits per heavy atom. The molecule has 2 heterocycles. The van der Waals surface area contributed by atoms with E-state index in [4.69, 9.17) is 4.42 Å². The summed E-state index contributed by atoms with van der Waals surface area (Å²) < 4.78 is 7.17. The molecule has 3 aromatic rings. The van der Waals surface area contributed by atoms with Gasteiger partial charge in [-0.05, 0) is 36.9 Å². The summed E-state index contributed by atoms with van der Waals surface area (Å²) in [6.07, 6.45) is 2.26. The predicted molar refractivity (Wildman–Crippen MR) is 91.8 cm³/mol. The molecule has 0 spiro atoms. The topological polar surface area (TPSA) is 85.8 Å². The number of anilines is 1. The molecule has 0 saturated carbocycles. The Balaban J connectivity index is 1.64. The lowest BCUT2D eigenvalue weighted by molar-refractivity contribution is -0.115. The Labute approximate surface area is 143 Å². The van der Waals surface area contributed by atoms with Crippen molar-refractivity contribution in [1.29, 1.82) is 0 Å². The van der Waals surface area contributed by atoms with Crippen molar-refractivity contribution >= 4 is 23.7 Å². The highest BCUT2D eigenvalue weighted by Gasteiger charge is 2.14. The summed E-state index contributed by atoms with van der Waals surface area (Å²) in [4.78, 5) is 13.2. The van der Waals surface area contributed by atoms with Gasteiger partial charge in [-0.15, -0.1) is 16.9 Å². The average Bonchev–Trinajstić information content (AvgIpc) is 3.15. The fourth-order valence-electron chi connectivity index (χ4n) is 2.13. The zero-order valence-electron chi connectivity index (χ0n) is 13.6. The molecule has 1 N–H and O–H groups in total. The summed E-state index contributed by atoms with van der Waals surface area (Å²) in [5, 5.41) is 14.6. The number of nitrogens with zero attached hydrogens (tertiary/aromatic N) is 4. The second-order valence-corrected chi connectivity index (χ2v) is 6.16. The Bertz CT molecular complexity index is 834. The van der Waals surface area contributed by atoms with Crippen molar-refractivity contribution in [3.8, 4) is 11.6 Å². The van der Waals surface area contributed by atoms with E-state index >= 15 is 0 Å². The summed E-state index contributed by atoms with van der Waals surface area (Å²) >= 11 is 1.66. The van der Waals surface area contributed by atoms with Crippen LogP contribution in [0.5, 0.6) is 0 Å². The minimum atomic E-state index is -0.209. The van der Waals surface area contributed by atoms with Gasteiger partial charge >= 0.3 is 6.01 Å². The van der Waals surface area contributed by atoms with E-state index in [2.05, 4.69) is 20.6 Å². The van der Waals surface area contributed by atoms with E-state index in [1.807, 2.05) is 50.6 Å². The molecule has 1 amide bonds. The zero-order valence-corrected chi connectivity index (χ0v) is 14.4. The smallest absolute Gasteiger partial charge is 0.322 e. The van der Waals surface area contributed by atoms with Crippen LogP contribution in [-0.4, -0.2) is 32.1 Å². The molecular weight excluding hydrogens is 326 g/mol. The van der Waals surface area contributed by atoms with Crippen LogP contribution >= 0.6 is 11.8 Å². The number of amides is 1. The SMILES string of the molecule is CSc1ccc(CC(=O)Nc2nnc(-c3cc(C)n(C)n3)o2)cc1. The second kappa shape index (κ2) is 6.88. The molecule has 0 radical (unpaired) electrons. The van der Waals surface area contributed by atoms with Crippen LogP contribution in [0.1, 0.15) is 11.3 Å². The summed E-state index contributed by atoms with van der Waals surface area (Å²) in [5.74, 6) is 0.0672. The molecule has 1 aromatic carbocycles. The van der Waals surface area contributed by atoms with Gasteiger partial charge in [0, 0.05) is 17.6 Å². The second-order valence-electron chi connectivity index (χ2n) is 5.28. The molecule has 124 valence electrons. The van der Waals surface area contributed by atoms with Gasteiger partial charge in [0.05, 0.1) is 6.42 Å². The minimum Gasteiger partial charge on any atom is -0.401 e. The first-order chi connectivity index (χ1) is 11.5. The fourth-order valence-corrected chi connectivity index (χ4v) is 2.54. The van der Waals surface area contributed by atoms with Gasteiger partial charge in [0.1, 0.15) is 5.69 Å². The predicted octanol–water partition coefficient (Wildman–Crippen LogP) is 2.68. The molecule has 0 aliphatic carbocycles. The Kier molecular flexibility index (Phi) is 4.66. The molecular formula is C16H17N5O2S. The normalized spacial score (nSPS) is 10.8. The van der Waals surface area contributed by atoms with Crippen LogP contribution in [0.15, 0.2) is 39.6 Å². The minimum absolute atomic E-state index is 0.0686. The van der Waals surface area contributed by atoms with E-state index < -0.39 is 0 Å². The van der Waals surface area contributed by atoms with Crippen molar-refractivity contribution < 1.29 is 9.21 Å². The zero-order chi connectivity index (χ0) is 17.1. The van der Waals surface area contributed by atoms with Crippen LogP contribution < -0.4 is 5.32 Å². The van der Waals surface area contributed by atoms with Crippen molar-refractivity contribution in [3.05, 3.63) is 41.6 Å². The van der Waals surface area contributed by atoms with Gasteiger partial charge < -0.3 is 4.42 Å². The molecule has 0 aliphatic rings. The molecule has 0 atom stereocenters. The van der Waals surface area contributed by atoms with Crippen molar-refractivity contribution in [2.45, 2.75) is 18.2 Å². The van der Waals surface area contributed by atoms with E-state index in [9.17, 15) is 4.79 Å². The van der Waals surface area contributed by atoms with Gasteiger partial charge in [-0.3, -0.25) is 14.8 Å². The van der Waals surface area contributed by atoms with Crippen LogP contribution in [-0.2, 0) is 18.3 Å². The highest BCUT2D eigenvalue weighted by Crippen LogP contribution is 2.19. The van der Waals surface area contributed by atoms with Crippen molar-refractivity contribution in [2.75, 3.05) is 11.6 Å². The first-order valence-corrected chi connectivity index (χ1v) is 8.55. The summed E-state index contributed by atoms with van der Waals surface area (Å²) in [7, 11) is 1.83. The van der Waals surface area contributed by atoms with Gasteiger partial charge in [-0.25, -0.2) is 0 Å². The largest absolute Gasteiger partial charge is 0.401 e. The average molecular weight is 343 g/mol. The first kappa shape index (κ1) is 16.3. The summed E-state index contributed by atoms with van der Waals surface area (Å²) in [6.45, 7) is 1.93. The van der Waals surface area contributed by atoms with Crippen molar-refractivity contribution in [3.63, 3.8) is 0 Å². The van der Waals surface area contributed by atoms with Crippen LogP contribution in [0.25, 0.3) is 11.6 Å². The van der Waals surface area contributed by atoms with Crippen LogP contribution in [0, 0.1) is 6.92 Å². The van der Waals surface area contributed by atoms with Gasteiger partial charge in [0.15, 0.2) is 0 Å². The van der Waals surface area contributed by atoms with E-state index in [0.717, 1.165) is 16.2 Å². The molecule has 0 unspecified atom stereocenters. The molecule has 0 saturated heterocycles. The quantitative estimate of drug-likeness (QED) is 0.717. The van der Waals surface area contributed by atoms with Crippen molar-refractivity contribution in [2.24, 2.45) is 7.05 Å². The van der Waals surface area contributed by atoms with E-state index in [1.165, 1.54) is 0 Å². The van der Waals surface area contributed by atoms with Gasteiger partial charge in [0.25, 0.3) is 5.89 Å². The summed E-state index contributed by atoms with van der Waals surface area (Å²) in [6, 6.07) is 9.75. The standard InChI is InChI=1S/C16H17N5O2S/c1-10-8-13(20-21(10)2)15-18-19-16(23-15)17-14(22)9-11-4-6-12(24-3)7-5-11/h4-8H,9H2,1-3H3,(H,17,19,22). The number of hydrogen-bond donors (Lipinski definition) is 1. The molecule has 3 rings (SSSR count). The van der Waals surface area contributed by atoms with Gasteiger partial charge in [-0.2, -0.15) is 5.10 Å². The van der Waals surface area contributed by atoms with E-state index in [0.29, 0.717) is 5.69 Å². The molecule has 0 bridgehead atoms. The number of aryl methyl sites for hydroxylation is 2. The number of nitrogens with one attached hydrogen (secondary N) is 1. The number of hydrogen-bond acceptors (Lipinski definition) is 6. The third-order valence-corrected chi connectivity index (χ3v) is 4.27. The Morgan fingerprint density at radius 2 is 2.04 bits per heavy atom. The number of carbonyl (C=O) groups excluding carboxylic acids is 1. The van der Waals surface area contributed by atoms with Crippen LogP contribution in [0.2, 0.25) is 0 Å². The number of thioether (sulfide) groups is 1. The maximum Gasteiger partial charge on any atom is 0.322 e. The Morgan fingerprint density at radius 3 is 2.67 bits per heavy atom. The van der Waals surface area contributed by atoms with Gasteiger partial charge in [-0.1, -0.05) is 17.2 Å². The fraction of sp³-hybridized carbons (Fsp3) is 0.250. The van der Waals surface area contributed by atoms with Gasteiger partial charge in [0.2, 0.25) is 5.91 Å². The third-order valence-electron chi connectivity index (χ3n) is 3.53. The van der Waals surface area contributed by atoms with Crippen LogP contribution in [0.3, 0.4) is 0 Å². The monoisotopic (exact) mass is 343 g/mol. The number of aromatic nitrogens is 4. The lowest BCUT2D eigenvalue weighted by Crippen LogP contribution is -2.14. The maximum atomic E-state index is 12.1. The lowest BCUT2D eigenvalue weighted by atomic mass is 10.1. The third kappa shape index (κ3) is 3.65. The highest BCUT2D eigenvalue weighted by molar-refractivity contribution is 7.98. The molecule has 0 fully saturated rings. The maximum absolute atomic E-state index is 12.1. The first-order valence-electron chi connectivity index (χ1n) is 7.32. The molecule has 0 aliphatic heterocycles. The highest BCUT2D eigenvalue weighted by atomic mass is 32.2. The number of benzene rings is 1. The molecule has 8 heteroatoms. The van der Waals surface area contributed by atoms with E-state index in [-0.39, 0.29) is 24.2 Å². The Hall–Kier alpha value is -2.61. The lowest BCUT2D eigenvalue weighted by Gasteiger charge is -2.02. The molecule has 2 aromatic heterocycles. The van der Waals surface area contributed by atoms with E-state index in [1.54, 1.807) is 16.4 Å². The molecule has 24 heavy (non-hydrogen) atoms. The van der Waals surface area contributed by atoms with Crippen molar-refractivity contribution in [1.82, 2.24) is 20.0 Å². The number of carbonyl (C=O) groups is 1. The molecule has 7 nitrogen and oxygen atoms in total. The van der Waals surface area contributed by atoms with Crippen LogP contribution in [0.4, 0.5) is 6.01 Å². The summed E-state index contributed by atoms with van der Waals surface area (Å²) in [5.41, 5.74) is 2.48.